The predicted molar refractivity (Wildman–Crippen MR) is 155 cm³/mol. The first kappa shape index (κ1) is 24.6. The van der Waals surface area contributed by atoms with E-state index in [1.54, 1.807) is 0 Å². The molecule has 0 fully saturated rings. The summed E-state index contributed by atoms with van der Waals surface area (Å²) in [6.07, 6.45) is 8.23. The summed E-state index contributed by atoms with van der Waals surface area (Å²) in [5.74, 6) is 0. The van der Waals surface area contributed by atoms with Crippen LogP contribution in [0.1, 0.15) is 75.6 Å². The van der Waals surface area contributed by atoms with Crippen molar-refractivity contribution in [1.29, 1.82) is 0 Å². The number of pyridine rings is 1. The molecule has 0 aliphatic carbocycles. The minimum Gasteiger partial charge on any atom is -0.232 e. The smallest absolute Gasteiger partial charge is 0.232 e. The van der Waals surface area contributed by atoms with Gasteiger partial charge in [0.05, 0.1) is 12.4 Å². The Kier molecular flexibility index (Phi) is 6.41. The monoisotopic (exact) mass is 477 g/mol. The molecule has 5 aromatic rings. The molecule has 3 aromatic carbocycles. The Hall–Kier alpha value is -3.13. The van der Waals surface area contributed by atoms with E-state index < -0.39 is 0 Å². The molecule has 2 heteroatoms. The zero-order valence-electron chi connectivity index (χ0n) is 23.2. The van der Waals surface area contributed by atoms with Gasteiger partial charge in [-0.2, -0.15) is 4.40 Å². The number of rotatable bonds is 7. The third kappa shape index (κ3) is 3.74. The largest absolute Gasteiger partial charge is 0.295 e. The van der Waals surface area contributed by atoms with Crippen LogP contribution in [-0.2, 0) is 18.9 Å². The Morgan fingerprint density at radius 2 is 1.53 bits per heavy atom. The Balaban J connectivity index is 1.94. The van der Waals surface area contributed by atoms with E-state index in [-0.39, 0.29) is 5.41 Å². The SMILES string of the molecule is CCCCc1cc(C)c(-c2c[n+](C)c3c4c(C(C)(CC)CC)cccc4c4ccccc4n23)c(C)c1. The molecular formula is C34H41N2+. The molecule has 36 heavy (non-hydrogen) atoms. The average Bonchev–Trinajstić information content (AvgIpc) is 3.23. The van der Waals surface area contributed by atoms with Crippen molar-refractivity contribution in [2.45, 2.75) is 79.1 Å². The highest BCUT2D eigenvalue weighted by Crippen LogP contribution is 2.41. The molecule has 186 valence electrons. The lowest BCUT2D eigenvalue weighted by atomic mass is 9.76. The first-order valence-corrected chi connectivity index (χ1v) is 13.8. The van der Waals surface area contributed by atoms with E-state index >= 15 is 0 Å². The molecule has 0 saturated carbocycles. The van der Waals surface area contributed by atoms with Gasteiger partial charge in [0, 0.05) is 16.3 Å². The Morgan fingerprint density at radius 3 is 2.19 bits per heavy atom. The van der Waals surface area contributed by atoms with E-state index in [0.29, 0.717) is 0 Å². The van der Waals surface area contributed by atoms with Crippen molar-refractivity contribution >= 4 is 27.3 Å². The molecule has 5 rings (SSSR count). The van der Waals surface area contributed by atoms with Gasteiger partial charge in [0.15, 0.2) is 5.69 Å². The van der Waals surface area contributed by atoms with Crippen molar-refractivity contribution in [1.82, 2.24) is 4.40 Å². The molecule has 0 atom stereocenters. The quantitative estimate of drug-likeness (QED) is 0.163. The molecule has 2 heterocycles. The Labute approximate surface area is 216 Å². The van der Waals surface area contributed by atoms with Crippen LogP contribution in [-0.4, -0.2) is 4.40 Å². The van der Waals surface area contributed by atoms with Crippen LogP contribution in [0.5, 0.6) is 0 Å². The predicted octanol–water partition coefficient (Wildman–Crippen LogP) is 8.77. The van der Waals surface area contributed by atoms with Crippen molar-refractivity contribution in [3.63, 3.8) is 0 Å². The van der Waals surface area contributed by atoms with Gasteiger partial charge in [-0.3, -0.25) is 0 Å². The summed E-state index contributed by atoms with van der Waals surface area (Å²) in [6.45, 7) is 13.9. The van der Waals surface area contributed by atoms with Gasteiger partial charge in [0.25, 0.3) is 5.65 Å². The van der Waals surface area contributed by atoms with Crippen LogP contribution in [0.3, 0.4) is 0 Å². The molecule has 0 spiro atoms. The average molecular weight is 478 g/mol. The number of para-hydroxylation sites is 1. The van der Waals surface area contributed by atoms with Crippen LogP contribution in [0.25, 0.3) is 38.6 Å². The second-order valence-corrected chi connectivity index (χ2v) is 11.0. The minimum absolute atomic E-state index is 0.132. The third-order valence-electron chi connectivity index (χ3n) is 8.70. The van der Waals surface area contributed by atoms with E-state index in [2.05, 4.69) is 118 Å². The molecule has 0 unspecified atom stereocenters. The molecule has 0 bridgehead atoms. The number of fused-ring (bicyclic) bond motifs is 6. The molecule has 0 N–H and O–H groups in total. The van der Waals surface area contributed by atoms with Crippen molar-refractivity contribution in [3.8, 4) is 11.3 Å². The Morgan fingerprint density at radius 1 is 0.861 bits per heavy atom. The fourth-order valence-corrected chi connectivity index (χ4v) is 6.31. The van der Waals surface area contributed by atoms with Gasteiger partial charge >= 0.3 is 0 Å². The summed E-state index contributed by atoms with van der Waals surface area (Å²) in [5.41, 5.74) is 11.0. The standard InChI is InChI=1S/C34H41N2/c1-8-11-15-25-20-23(4)31(24(5)21-25)30-22-35(7)33-32-27(26-16-12-13-19-29(26)36(30)33)17-14-18-28(32)34(6,9-2)10-3/h12-14,16-22H,8-11,15H2,1-7H3/q+1. The van der Waals surface area contributed by atoms with Crippen LogP contribution in [0, 0.1) is 13.8 Å². The van der Waals surface area contributed by atoms with E-state index in [4.69, 9.17) is 0 Å². The Bertz CT molecular complexity index is 1560. The number of hydrogen-bond acceptors (Lipinski definition) is 0. The third-order valence-corrected chi connectivity index (χ3v) is 8.70. The van der Waals surface area contributed by atoms with E-state index in [1.165, 1.54) is 73.7 Å². The summed E-state index contributed by atoms with van der Waals surface area (Å²) in [6, 6.07) is 20.7. The molecule has 2 aromatic heterocycles. The van der Waals surface area contributed by atoms with E-state index in [9.17, 15) is 0 Å². The maximum atomic E-state index is 2.54. The lowest BCUT2D eigenvalue weighted by Crippen LogP contribution is -2.27. The number of nitrogens with zero attached hydrogens (tertiary/aromatic N) is 2. The highest BCUT2D eigenvalue weighted by atomic mass is 15.1. The lowest BCUT2D eigenvalue weighted by Gasteiger charge is -2.28. The second kappa shape index (κ2) is 9.39. The molecule has 0 saturated heterocycles. The topological polar surface area (TPSA) is 8.29 Å². The molecular weight excluding hydrogens is 436 g/mol. The van der Waals surface area contributed by atoms with E-state index in [0.717, 1.165) is 19.3 Å². The van der Waals surface area contributed by atoms with E-state index in [1.807, 2.05) is 0 Å². The number of imidazole rings is 1. The fraction of sp³-hybridized carbons (Fsp3) is 0.382. The summed E-state index contributed by atoms with van der Waals surface area (Å²) in [4.78, 5) is 0. The van der Waals surface area contributed by atoms with Crippen LogP contribution < -0.4 is 4.57 Å². The number of aromatic nitrogens is 2. The summed E-state index contributed by atoms with van der Waals surface area (Å²) >= 11 is 0. The highest BCUT2D eigenvalue weighted by Gasteiger charge is 2.31. The number of hydrogen-bond donors (Lipinski definition) is 0. The van der Waals surface area contributed by atoms with Gasteiger partial charge in [-0.15, -0.1) is 0 Å². The van der Waals surface area contributed by atoms with Crippen molar-refractivity contribution in [2.75, 3.05) is 0 Å². The summed E-state index contributed by atoms with van der Waals surface area (Å²) in [5, 5.41) is 4.07. The van der Waals surface area contributed by atoms with Crippen molar-refractivity contribution in [3.05, 3.63) is 83.0 Å². The van der Waals surface area contributed by atoms with Gasteiger partial charge in [0.2, 0.25) is 0 Å². The maximum absolute atomic E-state index is 2.54. The number of unbranched alkanes of at least 4 members (excludes halogenated alkanes) is 1. The van der Waals surface area contributed by atoms with Crippen molar-refractivity contribution < 1.29 is 4.57 Å². The van der Waals surface area contributed by atoms with Gasteiger partial charge in [-0.05, 0) is 73.3 Å². The molecule has 0 radical (unpaired) electrons. The minimum atomic E-state index is 0.132. The summed E-state index contributed by atoms with van der Waals surface area (Å²) in [7, 11) is 2.22. The second-order valence-electron chi connectivity index (χ2n) is 11.0. The number of benzene rings is 3. The maximum Gasteiger partial charge on any atom is 0.295 e. The fourth-order valence-electron chi connectivity index (χ4n) is 6.31. The van der Waals surface area contributed by atoms with Crippen LogP contribution in [0.4, 0.5) is 0 Å². The number of aryl methyl sites for hydroxylation is 4. The van der Waals surface area contributed by atoms with Gasteiger partial charge in [-0.1, -0.05) is 82.6 Å². The van der Waals surface area contributed by atoms with Crippen LogP contribution in [0.15, 0.2) is 60.8 Å². The zero-order valence-corrected chi connectivity index (χ0v) is 23.2. The van der Waals surface area contributed by atoms with Crippen LogP contribution >= 0.6 is 0 Å². The summed E-state index contributed by atoms with van der Waals surface area (Å²) < 4.78 is 4.90. The van der Waals surface area contributed by atoms with Gasteiger partial charge in [-0.25, -0.2) is 4.57 Å². The van der Waals surface area contributed by atoms with Crippen molar-refractivity contribution in [2.24, 2.45) is 7.05 Å². The normalized spacial score (nSPS) is 12.3. The lowest BCUT2D eigenvalue weighted by molar-refractivity contribution is -0.643. The molecule has 0 aliphatic rings. The van der Waals surface area contributed by atoms with Gasteiger partial charge < -0.3 is 0 Å². The van der Waals surface area contributed by atoms with Gasteiger partial charge in [0.1, 0.15) is 11.7 Å². The first-order chi connectivity index (χ1) is 17.3. The van der Waals surface area contributed by atoms with Crippen LogP contribution in [0.2, 0.25) is 0 Å². The first-order valence-electron chi connectivity index (χ1n) is 13.8. The molecule has 0 aliphatic heterocycles. The zero-order chi connectivity index (χ0) is 25.6. The molecule has 0 amide bonds. The highest BCUT2D eigenvalue weighted by molar-refractivity contribution is 6.13. The molecule has 2 nitrogen and oxygen atoms in total.